The van der Waals surface area contributed by atoms with E-state index in [-0.39, 0.29) is 0 Å². The van der Waals surface area contributed by atoms with Gasteiger partial charge in [0.05, 0.1) is 0 Å². The Hall–Kier alpha value is 0. The van der Waals surface area contributed by atoms with Crippen molar-refractivity contribution in [2.75, 3.05) is 0 Å². The Morgan fingerprint density at radius 3 is 1.78 bits per heavy atom. The molecule has 7 saturated carbocycles. The zero-order valence-electron chi connectivity index (χ0n) is 26.0. The molecule has 0 N–H and O–H groups in total. The first kappa shape index (κ1) is 25.9. The maximum absolute atomic E-state index is 2.87. The Labute approximate surface area is 231 Å². The van der Waals surface area contributed by atoms with Gasteiger partial charge >= 0.3 is 0 Å². The van der Waals surface area contributed by atoms with E-state index in [1.54, 1.807) is 83.5 Å². The van der Waals surface area contributed by atoms with Crippen LogP contribution in [0.3, 0.4) is 0 Å². The summed E-state index contributed by atoms with van der Waals surface area (Å²) in [6, 6.07) is 0. The molecule has 0 radical (unpaired) electrons. The molecule has 210 valence electrons. The highest BCUT2D eigenvalue weighted by Crippen LogP contribution is 2.77. The SMILES string of the molecule is CC1CCC2C(CCC3C2(C)CCC2C3(C)CCC3C4(C)CCC5C(CCCC5(C)C)C4CCC32C)C1. The standard InChI is InChI=1S/C37H62/c1-24-10-12-27-25(23-24)11-13-30-34(27,4)21-16-32-36(6)20-15-29-26-9-8-18-33(2,3)28(26)14-19-35(29,5)31(36)17-22-37(30,32)7/h24-32H,8-23H2,1-7H3. The number of fused-ring (bicyclic) bond motifs is 11. The monoisotopic (exact) mass is 506 g/mol. The van der Waals surface area contributed by atoms with Crippen LogP contribution in [-0.2, 0) is 0 Å². The molecule has 0 aromatic rings. The van der Waals surface area contributed by atoms with Crippen LogP contribution in [0.25, 0.3) is 0 Å². The van der Waals surface area contributed by atoms with Gasteiger partial charge in [0.1, 0.15) is 0 Å². The molecule has 0 saturated heterocycles. The van der Waals surface area contributed by atoms with Gasteiger partial charge in [0.2, 0.25) is 0 Å². The van der Waals surface area contributed by atoms with Crippen molar-refractivity contribution in [2.45, 2.75) is 151 Å². The lowest BCUT2D eigenvalue weighted by molar-refractivity contribution is -0.244. The van der Waals surface area contributed by atoms with Crippen LogP contribution in [0.5, 0.6) is 0 Å². The summed E-state index contributed by atoms with van der Waals surface area (Å²) in [6.07, 6.45) is 24.8. The zero-order chi connectivity index (χ0) is 26.0. The molecule has 13 atom stereocenters. The van der Waals surface area contributed by atoms with Gasteiger partial charge in [-0.2, -0.15) is 0 Å². The minimum atomic E-state index is 0.597. The van der Waals surface area contributed by atoms with Crippen molar-refractivity contribution >= 4 is 0 Å². The average molecular weight is 507 g/mol. The Balaban J connectivity index is 1.18. The lowest BCUT2D eigenvalue weighted by Crippen LogP contribution is -2.66. The molecule has 0 amide bonds. The maximum Gasteiger partial charge on any atom is -0.0259 e. The summed E-state index contributed by atoms with van der Waals surface area (Å²) >= 11 is 0. The lowest BCUT2D eigenvalue weighted by Gasteiger charge is -2.73. The summed E-state index contributed by atoms with van der Waals surface area (Å²) in [6.45, 7) is 19.2. The van der Waals surface area contributed by atoms with Crippen LogP contribution in [0, 0.1) is 80.3 Å². The van der Waals surface area contributed by atoms with Crippen molar-refractivity contribution in [3.8, 4) is 0 Å². The second kappa shape index (κ2) is 8.28. The summed E-state index contributed by atoms with van der Waals surface area (Å²) in [4.78, 5) is 0. The summed E-state index contributed by atoms with van der Waals surface area (Å²) < 4.78 is 0. The maximum atomic E-state index is 2.87. The summed E-state index contributed by atoms with van der Waals surface area (Å²) in [5.74, 6) is 9.18. The topological polar surface area (TPSA) is 0 Å². The van der Waals surface area contributed by atoms with Crippen molar-refractivity contribution < 1.29 is 0 Å². The highest BCUT2D eigenvalue weighted by Gasteiger charge is 2.69. The molecule has 7 aliphatic rings. The van der Waals surface area contributed by atoms with Crippen molar-refractivity contribution in [3.05, 3.63) is 0 Å². The minimum absolute atomic E-state index is 0.597. The molecule has 7 aliphatic carbocycles. The summed E-state index contributed by atoms with van der Waals surface area (Å²) in [7, 11) is 0. The van der Waals surface area contributed by atoms with Crippen molar-refractivity contribution in [1.29, 1.82) is 0 Å². The fraction of sp³-hybridized carbons (Fsp3) is 1.00. The predicted molar refractivity (Wildman–Crippen MR) is 157 cm³/mol. The smallest absolute Gasteiger partial charge is 0.0259 e. The molecule has 0 spiro atoms. The molecule has 0 heteroatoms. The number of hydrogen-bond donors (Lipinski definition) is 0. The highest BCUT2D eigenvalue weighted by molar-refractivity contribution is 5.18. The van der Waals surface area contributed by atoms with Gasteiger partial charge < -0.3 is 0 Å². The van der Waals surface area contributed by atoms with Gasteiger partial charge in [-0.3, -0.25) is 0 Å². The predicted octanol–water partition coefficient (Wildman–Crippen LogP) is 10.9. The van der Waals surface area contributed by atoms with Crippen LogP contribution in [0.15, 0.2) is 0 Å². The van der Waals surface area contributed by atoms with E-state index in [0.29, 0.717) is 27.1 Å². The quantitative estimate of drug-likeness (QED) is 0.306. The number of hydrogen-bond acceptors (Lipinski definition) is 0. The van der Waals surface area contributed by atoms with Gasteiger partial charge in [0.15, 0.2) is 0 Å². The van der Waals surface area contributed by atoms with E-state index in [1.165, 1.54) is 19.3 Å². The molecule has 7 rings (SSSR count). The van der Waals surface area contributed by atoms with Crippen LogP contribution < -0.4 is 0 Å². The molecule has 0 heterocycles. The molecule has 13 unspecified atom stereocenters. The fourth-order valence-electron chi connectivity index (χ4n) is 15.4. The van der Waals surface area contributed by atoms with E-state index in [9.17, 15) is 0 Å². The van der Waals surface area contributed by atoms with Crippen LogP contribution in [0.2, 0.25) is 0 Å². The third-order valence-corrected chi connectivity index (χ3v) is 16.9. The second-order valence-electron chi connectivity index (χ2n) is 18.5. The van der Waals surface area contributed by atoms with E-state index >= 15 is 0 Å². The minimum Gasteiger partial charge on any atom is -0.0625 e. The zero-order valence-corrected chi connectivity index (χ0v) is 26.0. The molecule has 0 nitrogen and oxygen atoms in total. The fourth-order valence-corrected chi connectivity index (χ4v) is 15.4. The van der Waals surface area contributed by atoms with Crippen molar-refractivity contribution in [1.82, 2.24) is 0 Å². The molecule has 0 aromatic heterocycles. The van der Waals surface area contributed by atoms with Gasteiger partial charge in [-0.25, -0.2) is 0 Å². The Morgan fingerprint density at radius 1 is 0.459 bits per heavy atom. The van der Waals surface area contributed by atoms with E-state index in [2.05, 4.69) is 48.5 Å². The second-order valence-corrected chi connectivity index (χ2v) is 18.5. The summed E-state index contributed by atoms with van der Waals surface area (Å²) in [5, 5.41) is 0. The highest BCUT2D eigenvalue weighted by atomic mass is 14.7. The molecule has 7 fully saturated rings. The van der Waals surface area contributed by atoms with Crippen LogP contribution >= 0.6 is 0 Å². The molecule has 0 aliphatic heterocycles. The first-order chi connectivity index (χ1) is 17.4. The molecule has 37 heavy (non-hydrogen) atoms. The van der Waals surface area contributed by atoms with Crippen LogP contribution in [0.4, 0.5) is 0 Å². The molecular formula is C37H62. The largest absolute Gasteiger partial charge is 0.0625 e. The Bertz CT molecular complexity index is 900. The van der Waals surface area contributed by atoms with Gasteiger partial charge in [-0.05, 0) is 170 Å². The Morgan fingerprint density at radius 2 is 1.03 bits per heavy atom. The van der Waals surface area contributed by atoms with Gasteiger partial charge in [0, 0.05) is 0 Å². The molecular weight excluding hydrogens is 444 g/mol. The lowest BCUT2D eigenvalue weighted by atomic mass is 9.31. The van der Waals surface area contributed by atoms with Crippen molar-refractivity contribution in [3.63, 3.8) is 0 Å². The van der Waals surface area contributed by atoms with Gasteiger partial charge in [-0.1, -0.05) is 61.3 Å². The Kier molecular flexibility index (Phi) is 5.80. The van der Waals surface area contributed by atoms with Gasteiger partial charge in [0.25, 0.3) is 0 Å². The van der Waals surface area contributed by atoms with E-state index in [0.717, 1.165) is 53.3 Å². The average Bonchev–Trinajstić information content (AvgIpc) is 2.82. The first-order valence-corrected chi connectivity index (χ1v) is 17.4. The van der Waals surface area contributed by atoms with E-state index in [4.69, 9.17) is 0 Å². The normalized spacial score (nSPS) is 60.6. The molecule has 0 bridgehead atoms. The third kappa shape index (κ3) is 3.38. The van der Waals surface area contributed by atoms with E-state index < -0.39 is 0 Å². The van der Waals surface area contributed by atoms with Crippen LogP contribution in [0.1, 0.15) is 151 Å². The van der Waals surface area contributed by atoms with Crippen molar-refractivity contribution in [2.24, 2.45) is 80.3 Å². The first-order valence-electron chi connectivity index (χ1n) is 17.4. The van der Waals surface area contributed by atoms with Gasteiger partial charge in [-0.15, -0.1) is 0 Å². The van der Waals surface area contributed by atoms with E-state index in [1.807, 2.05) is 0 Å². The molecule has 0 aromatic carbocycles. The third-order valence-electron chi connectivity index (χ3n) is 16.9. The number of rotatable bonds is 0. The van der Waals surface area contributed by atoms with Crippen LogP contribution in [-0.4, -0.2) is 0 Å². The summed E-state index contributed by atoms with van der Waals surface area (Å²) in [5.41, 5.74) is 3.08.